The highest BCUT2D eigenvalue weighted by molar-refractivity contribution is 7.06. The lowest BCUT2D eigenvalue weighted by molar-refractivity contribution is -0.436. The zero-order valence-electron chi connectivity index (χ0n) is 32.1. The van der Waals surface area contributed by atoms with Gasteiger partial charge in [-0.3, -0.25) is 0 Å². The molecule has 0 aliphatic rings. The van der Waals surface area contributed by atoms with Gasteiger partial charge in [0, 0.05) is 13.8 Å². The molecule has 0 heterocycles. The molecule has 7 rings (SSSR count). The van der Waals surface area contributed by atoms with Crippen molar-refractivity contribution in [1.29, 1.82) is 10.5 Å². The molecule has 0 spiro atoms. The summed E-state index contributed by atoms with van der Waals surface area (Å²) in [5, 5.41) is 19.3. The lowest BCUT2D eigenvalue weighted by atomic mass is 9.24. The molecule has 7 aromatic rings. The fraction of sp³-hybridized carbons (Fsp3) is 0.0625. The van der Waals surface area contributed by atoms with Crippen LogP contribution in [0.3, 0.4) is 0 Å². The number of benzene rings is 7. The maximum atomic E-state index is 14.2. The molecular weight excluding hydrogens is 686 g/mol. The molecule has 4 N–H and O–H groups in total. The van der Waals surface area contributed by atoms with Gasteiger partial charge in [-0.25, -0.2) is 4.79 Å². The maximum absolute atomic E-state index is 14.2. The number of nitrogens with zero attached hydrogens (tertiary/aromatic N) is 2. The van der Waals surface area contributed by atoms with Gasteiger partial charge in [-0.15, -0.1) is 32.8 Å². The highest BCUT2D eigenvalue weighted by Crippen LogP contribution is 2.21. The van der Waals surface area contributed by atoms with Crippen LogP contribution < -0.4 is 43.2 Å². The first-order valence-electron chi connectivity index (χ1n) is 18.7. The predicted octanol–water partition coefficient (Wildman–Crippen LogP) is 4.26. The van der Waals surface area contributed by atoms with E-state index in [0.717, 1.165) is 44.2 Å². The Kier molecular flexibility index (Phi) is 14.3. The van der Waals surface area contributed by atoms with E-state index in [1.165, 1.54) is 21.0 Å². The van der Waals surface area contributed by atoms with Gasteiger partial charge in [-0.05, 0) is 12.1 Å². The average molecular weight is 733 g/mol. The van der Waals surface area contributed by atoms with E-state index in [1.54, 1.807) is 12.1 Å². The molecule has 0 amide bonds. The van der Waals surface area contributed by atoms with Crippen LogP contribution in [-0.2, 0) is 4.74 Å². The largest absolute Gasteiger partial charge is 0.491 e. The number of hydrogen-bond acceptors (Lipinski definition) is 4. The minimum atomic E-state index is -1.69. The molecule has 0 saturated carbocycles. The third kappa shape index (κ3) is 8.70. The zero-order valence-corrected chi connectivity index (χ0v) is 32.1. The molecule has 0 radical (unpaired) electrons. The summed E-state index contributed by atoms with van der Waals surface area (Å²) in [5.41, 5.74) is 9.13. The molecule has 0 atom stereocenters. The summed E-state index contributed by atoms with van der Waals surface area (Å²) in [4.78, 5) is 14.2. The standard InChI is InChI=1S/C44H40B2N2O2.2C2H3N/c1-50-44(49)43-41(47-45(35-21-8-2-9-22-35,36-23-10-3-11-24-36)37-25-12-4-13-26-37)33-20-34-42(43)48-46(38-27-14-5-15-28-38,39-29-16-6-17-30-39)40-31-18-7-19-32-40;2*1-2-3/h2-34H,47-48H2,1H3;2*1H3. The molecule has 0 unspecified atom stereocenters. The monoisotopic (exact) mass is 732 g/mol. The number of carbonyl (C=O) groups is 1. The van der Waals surface area contributed by atoms with Gasteiger partial charge < -0.3 is 15.2 Å². The molecule has 56 heavy (non-hydrogen) atoms. The van der Waals surface area contributed by atoms with E-state index in [9.17, 15) is 4.79 Å². The molecule has 0 saturated heterocycles. The number of methoxy groups -OCH3 is 1. The highest BCUT2D eigenvalue weighted by atomic mass is 16.5. The van der Waals surface area contributed by atoms with E-state index < -0.39 is 12.6 Å². The van der Waals surface area contributed by atoms with Crippen molar-refractivity contribution < 1.29 is 20.0 Å². The van der Waals surface area contributed by atoms with Gasteiger partial charge in [0.25, 0.3) is 12.6 Å². The van der Waals surface area contributed by atoms with Gasteiger partial charge in [-0.1, -0.05) is 188 Å². The zero-order chi connectivity index (χ0) is 39.6. The molecule has 0 fully saturated rings. The van der Waals surface area contributed by atoms with E-state index in [4.69, 9.17) is 15.3 Å². The lowest BCUT2D eigenvalue weighted by Gasteiger charge is -2.40. The van der Waals surface area contributed by atoms with Crippen LogP contribution in [0.1, 0.15) is 24.2 Å². The Morgan fingerprint density at radius 2 is 0.643 bits per heavy atom. The SMILES string of the molecule is CC#N.CC#N.COC(=O)c1c([NH2+][B-](c2ccccc2)(c2ccccc2)c2ccccc2)cccc1[NH2+][B-](c1ccccc1)(c1ccccc1)c1ccccc1. The molecule has 0 aliphatic heterocycles. The van der Waals surface area contributed by atoms with Crippen molar-refractivity contribution in [2.24, 2.45) is 0 Å². The molecular formula is C48H46B2N4O2. The van der Waals surface area contributed by atoms with E-state index in [1.807, 2.05) is 36.4 Å². The molecule has 8 heteroatoms. The number of carbonyl (C=O) groups excluding carboxylic acids is 1. The Bertz CT molecular complexity index is 2000. The van der Waals surface area contributed by atoms with Crippen LogP contribution in [0.15, 0.2) is 200 Å². The van der Waals surface area contributed by atoms with E-state index >= 15 is 0 Å². The molecule has 0 aromatic heterocycles. The number of rotatable bonds is 11. The van der Waals surface area contributed by atoms with Gasteiger partial charge in [0.1, 0.15) is 11.4 Å². The topological polar surface area (TPSA) is 107 Å². The highest BCUT2D eigenvalue weighted by Gasteiger charge is 2.41. The molecule has 6 nitrogen and oxygen atoms in total. The average Bonchev–Trinajstić information content (AvgIpc) is 3.27. The summed E-state index contributed by atoms with van der Waals surface area (Å²) in [6.45, 7) is 2.86. The van der Waals surface area contributed by atoms with Crippen LogP contribution in [0.2, 0.25) is 0 Å². The Morgan fingerprint density at radius 1 is 0.429 bits per heavy atom. The summed E-state index contributed by atoms with van der Waals surface area (Å²) in [6.07, 6.45) is -3.37. The number of hydrogen-bond donors (Lipinski definition) is 2. The normalized spacial score (nSPS) is 10.6. The van der Waals surface area contributed by atoms with Crippen LogP contribution in [0.4, 0.5) is 11.4 Å². The van der Waals surface area contributed by atoms with Crippen molar-refractivity contribution in [3.8, 4) is 12.1 Å². The van der Waals surface area contributed by atoms with Gasteiger partial charge in [0.15, 0.2) is 5.56 Å². The fourth-order valence-corrected chi connectivity index (χ4v) is 8.01. The second-order valence-corrected chi connectivity index (χ2v) is 13.4. The first-order chi connectivity index (χ1) is 27.5. The molecule has 0 aliphatic carbocycles. The number of esters is 1. The van der Waals surface area contributed by atoms with E-state index in [0.29, 0.717) is 5.56 Å². The van der Waals surface area contributed by atoms with Crippen LogP contribution in [0.25, 0.3) is 0 Å². The first kappa shape index (κ1) is 40.2. The minimum absolute atomic E-state index is 0.374. The maximum Gasteiger partial charge on any atom is 0.349 e. The quantitative estimate of drug-likeness (QED) is 0.118. The van der Waals surface area contributed by atoms with Gasteiger partial charge in [-0.2, -0.15) is 10.5 Å². The summed E-state index contributed by atoms with van der Waals surface area (Å²) >= 11 is 0. The molecule has 7 aromatic carbocycles. The summed E-state index contributed by atoms with van der Waals surface area (Å²) in [6, 6.07) is 73.4. The van der Waals surface area contributed by atoms with Crippen molar-refractivity contribution in [3.05, 3.63) is 206 Å². The Morgan fingerprint density at radius 3 is 0.839 bits per heavy atom. The fourth-order valence-electron chi connectivity index (χ4n) is 8.01. The third-order valence-corrected chi connectivity index (χ3v) is 10.3. The molecule has 276 valence electrons. The van der Waals surface area contributed by atoms with Gasteiger partial charge in [0.2, 0.25) is 0 Å². The second-order valence-electron chi connectivity index (χ2n) is 13.4. The van der Waals surface area contributed by atoms with Gasteiger partial charge >= 0.3 is 5.97 Å². The van der Waals surface area contributed by atoms with Crippen molar-refractivity contribution in [2.45, 2.75) is 13.8 Å². The number of ether oxygens (including phenoxy) is 1. The second kappa shape index (κ2) is 19.9. The van der Waals surface area contributed by atoms with Crippen molar-refractivity contribution in [2.75, 3.05) is 7.11 Å². The van der Waals surface area contributed by atoms with Crippen LogP contribution in [0, 0.1) is 22.7 Å². The Balaban J connectivity index is 0.000000941. The number of nitriles is 2. The van der Waals surface area contributed by atoms with Crippen LogP contribution in [0.5, 0.6) is 0 Å². The smallest absolute Gasteiger partial charge is 0.349 e. The number of nitrogens with two attached hydrogens (primary N) is 2. The van der Waals surface area contributed by atoms with Crippen LogP contribution >= 0.6 is 0 Å². The van der Waals surface area contributed by atoms with Gasteiger partial charge in [0.05, 0.1) is 19.2 Å². The lowest BCUT2D eigenvalue weighted by Crippen LogP contribution is -3.08. The van der Waals surface area contributed by atoms with Crippen molar-refractivity contribution in [3.63, 3.8) is 0 Å². The Hall–Kier alpha value is -6.96. The first-order valence-corrected chi connectivity index (χ1v) is 18.7. The van der Waals surface area contributed by atoms with Crippen molar-refractivity contribution in [1.82, 2.24) is 0 Å². The van der Waals surface area contributed by atoms with Crippen molar-refractivity contribution >= 4 is 62.7 Å². The minimum Gasteiger partial charge on any atom is -0.491 e. The van der Waals surface area contributed by atoms with E-state index in [2.05, 4.69) is 174 Å². The third-order valence-electron chi connectivity index (χ3n) is 10.3. The summed E-state index contributed by atoms with van der Waals surface area (Å²) < 4.78 is 5.62. The Labute approximate surface area is 330 Å². The number of quaternary nitrogens is 2. The van der Waals surface area contributed by atoms with E-state index in [-0.39, 0.29) is 5.97 Å². The predicted molar refractivity (Wildman–Crippen MR) is 231 cm³/mol. The molecule has 0 bridgehead atoms. The summed E-state index contributed by atoms with van der Waals surface area (Å²) in [7, 11) is 1.47. The summed E-state index contributed by atoms with van der Waals surface area (Å²) in [5.74, 6) is -0.374. The van der Waals surface area contributed by atoms with Crippen LogP contribution in [-0.4, -0.2) is 25.6 Å².